The van der Waals surface area contributed by atoms with Gasteiger partial charge in [0, 0.05) is 13.0 Å². The van der Waals surface area contributed by atoms with Gasteiger partial charge < -0.3 is 9.84 Å². The summed E-state index contributed by atoms with van der Waals surface area (Å²) in [6.45, 7) is -3.14. The molecular formula is C11H12ClF2NO5S. The van der Waals surface area contributed by atoms with Gasteiger partial charge in [-0.25, -0.2) is 13.1 Å². The Morgan fingerprint density at radius 2 is 2.10 bits per heavy atom. The molecule has 21 heavy (non-hydrogen) atoms. The molecule has 0 heterocycles. The molecule has 0 radical (unpaired) electrons. The quantitative estimate of drug-likeness (QED) is 0.705. The molecule has 1 rings (SSSR count). The number of carboxylic acids is 1. The van der Waals surface area contributed by atoms with E-state index in [0.29, 0.717) is 0 Å². The van der Waals surface area contributed by atoms with Gasteiger partial charge in [-0.2, -0.15) is 8.78 Å². The normalized spacial score (nSPS) is 11.6. The molecule has 0 amide bonds. The number of carbonyl (C=O) groups is 1. The molecule has 0 saturated carbocycles. The predicted molar refractivity (Wildman–Crippen MR) is 70.1 cm³/mol. The molecule has 6 nitrogen and oxygen atoms in total. The van der Waals surface area contributed by atoms with Crippen molar-refractivity contribution in [3.8, 4) is 5.75 Å². The Morgan fingerprint density at radius 3 is 2.62 bits per heavy atom. The summed E-state index contributed by atoms with van der Waals surface area (Å²) >= 11 is 5.65. The maximum Gasteiger partial charge on any atom is 0.387 e. The molecule has 0 fully saturated rings. The summed E-state index contributed by atoms with van der Waals surface area (Å²) in [5.74, 6) is -1.37. The van der Waals surface area contributed by atoms with Crippen LogP contribution < -0.4 is 9.46 Å². The topological polar surface area (TPSA) is 92.7 Å². The van der Waals surface area contributed by atoms with Crippen LogP contribution in [-0.2, 0) is 14.8 Å². The van der Waals surface area contributed by atoms with E-state index < -0.39 is 22.6 Å². The molecular weight excluding hydrogens is 332 g/mol. The van der Waals surface area contributed by atoms with Crippen molar-refractivity contribution in [2.75, 3.05) is 6.54 Å². The molecule has 1 aromatic carbocycles. The second-order valence-corrected chi connectivity index (χ2v) is 6.04. The first-order valence-corrected chi connectivity index (χ1v) is 7.54. The Morgan fingerprint density at radius 1 is 1.43 bits per heavy atom. The van der Waals surface area contributed by atoms with Crippen molar-refractivity contribution in [3.05, 3.63) is 23.2 Å². The number of aliphatic carboxylic acids is 1. The maximum absolute atomic E-state index is 12.0. The Labute approximate surface area is 124 Å². The van der Waals surface area contributed by atoms with E-state index in [-0.39, 0.29) is 35.1 Å². The molecule has 0 saturated heterocycles. The van der Waals surface area contributed by atoms with Gasteiger partial charge in [0.2, 0.25) is 10.0 Å². The van der Waals surface area contributed by atoms with Gasteiger partial charge in [-0.3, -0.25) is 4.79 Å². The lowest BCUT2D eigenvalue weighted by molar-refractivity contribution is -0.137. The van der Waals surface area contributed by atoms with Gasteiger partial charge in [-0.1, -0.05) is 11.6 Å². The number of hydrogen-bond donors (Lipinski definition) is 2. The zero-order valence-corrected chi connectivity index (χ0v) is 12.1. The van der Waals surface area contributed by atoms with Gasteiger partial charge in [-0.15, -0.1) is 0 Å². The lowest BCUT2D eigenvalue weighted by Gasteiger charge is -2.09. The molecule has 10 heteroatoms. The molecule has 2 N–H and O–H groups in total. The first-order chi connectivity index (χ1) is 9.72. The monoisotopic (exact) mass is 343 g/mol. The smallest absolute Gasteiger partial charge is 0.387 e. The number of halogens is 3. The third-order valence-corrected chi connectivity index (χ3v) is 4.04. The Kier molecular flexibility index (Phi) is 6.31. The predicted octanol–water partition coefficient (Wildman–Crippen LogP) is 2.08. The number of sulfonamides is 1. The van der Waals surface area contributed by atoms with Crippen LogP contribution >= 0.6 is 11.6 Å². The second-order valence-electron chi connectivity index (χ2n) is 3.87. The van der Waals surface area contributed by atoms with E-state index in [1.54, 1.807) is 0 Å². The zero-order valence-electron chi connectivity index (χ0n) is 10.6. The third kappa shape index (κ3) is 5.82. The summed E-state index contributed by atoms with van der Waals surface area (Å²) < 4.78 is 54.1. The molecule has 0 unspecified atom stereocenters. The van der Waals surface area contributed by atoms with Gasteiger partial charge in [0.15, 0.2) is 0 Å². The van der Waals surface area contributed by atoms with E-state index in [9.17, 15) is 22.0 Å². The number of hydrogen-bond acceptors (Lipinski definition) is 4. The number of rotatable bonds is 8. The van der Waals surface area contributed by atoms with Crippen LogP contribution in [0.2, 0.25) is 5.02 Å². The van der Waals surface area contributed by atoms with Crippen molar-refractivity contribution in [2.45, 2.75) is 24.3 Å². The summed E-state index contributed by atoms with van der Waals surface area (Å²) in [7, 11) is -3.90. The summed E-state index contributed by atoms with van der Waals surface area (Å²) in [5, 5.41) is 8.15. The van der Waals surface area contributed by atoms with Crippen LogP contribution in [0, 0.1) is 0 Å². The van der Waals surface area contributed by atoms with Gasteiger partial charge in [-0.05, 0) is 24.6 Å². The first kappa shape index (κ1) is 17.6. The maximum atomic E-state index is 12.0. The zero-order chi connectivity index (χ0) is 16.0. The number of benzene rings is 1. The average molecular weight is 344 g/mol. The number of carboxylic acid groups (broad SMARTS) is 1. The Bertz CT molecular complexity index is 609. The van der Waals surface area contributed by atoms with Crippen molar-refractivity contribution in [1.29, 1.82) is 0 Å². The van der Waals surface area contributed by atoms with E-state index in [0.717, 1.165) is 18.2 Å². The van der Waals surface area contributed by atoms with Crippen LogP contribution in [0.3, 0.4) is 0 Å². The standard InChI is InChI=1S/C11H12ClF2NO5S/c12-8-6-7(3-4-9(8)20-11(13)14)21(18,19)15-5-1-2-10(16)17/h3-4,6,11,15H,1-2,5H2,(H,16,17). The van der Waals surface area contributed by atoms with Crippen LogP contribution in [0.4, 0.5) is 8.78 Å². The Balaban J connectivity index is 2.75. The van der Waals surface area contributed by atoms with Gasteiger partial charge in [0.1, 0.15) is 5.75 Å². The van der Waals surface area contributed by atoms with Crippen molar-refractivity contribution in [2.24, 2.45) is 0 Å². The second kappa shape index (κ2) is 7.53. The fourth-order valence-corrected chi connectivity index (χ4v) is 2.76. The minimum absolute atomic E-state index is 0.0679. The lowest BCUT2D eigenvalue weighted by Crippen LogP contribution is -2.25. The molecule has 0 aliphatic carbocycles. The van der Waals surface area contributed by atoms with Crippen LogP contribution in [0.25, 0.3) is 0 Å². The van der Waals surface area contributed by atoms with Gasteiger partial charge in [0.25, 0.3) is 0 Å². The van der Waals surface area contributed by atoms with E-state index >= 15 is 0 Å². The van der Waals surface area contributed by atoms with Crippen molar-refractivity contribution < 1.29 is 31.8 Å². The van der Waals surface area contributed by atoms with E-state index in [4.69, 9.17) is 16.7 Å². The summed E-state index contributed by atoms with van der Waals surface area (Å²) in [5.41, 5.74) is 0. The Hall–Kier alpha value is -1.45. The highest BCUT2D eigenvalue weighted by Gasteiger charge is 2.17. The SMILES string of the molecule is O=C(O)CCCNS(=O)(=O)c1ccc(OC(F)F)c(Cl)c1. The van der Waals surface area contributed by atoms with Crippen molar-refractivity contribution in [1.82, 2.24) is 4.72 Å². The highest BCUT2D eigenvalue weighted by atomic mass is 35.5. The third-order valence-electron chi connectivity index (χ3n) is 2.29. The molecule has 118 valence electrons. The van der Waals surface area contributed by atoms with Gasteiger partial charge >= 0.3 is 12.6 Å². The van der Waals surface area contributed by atoms with Gasteiger partial charge in [0.05, 0.1) is 9.92 Å². The molecule has 0 aromatic heterocycles. The van der Waals surface area contributed by atoms with Crippen LogP contribution in [0.1, 0.15) is 12.8 Å². The average Bonchev–Trinajstić information content (AvgIpc) is 2.36. The highest BCUT2D eigenvalue weighted by Crippen LogP contribution is 2.28. The molecule has 0 bridgehead atoms. The number of alkyl halides is 2. The van der Waals surface area contributed by atoms with Crippen LogP contribution in [0.15, 0.2) is 23.1 Å². The lowest BCUT2D eigenvalue weighted by atomic mass is 10.3. The molecule has 1 aromatic rings. The summed E-state index contributed by atoms with van der Waals surface area (Å²) in [6, 6.07) is 3.04. The fourth-order valence-electron chi connectivity index (χ4n) is 1.37. The highest BCUT2D eigenvalue weighted by molar-refractivity contribution is 7.89. The summed E-state index contributed by atoms with van der Waals surface area (Å²) in [6.07, 6.45) is -0.0562. The largest absolute Gasteiger partial charge is 0.481 e. The summed E-state index contributed by atoms with van der Waals surface area (Å²) in [4.78, 5) is 10.1. The first-order valence-electron chi connectivity index (χ1n) is 5.68. The van der Waals surface area contributed by atoms with Crippen LogP contribution in [0.5, 0.6) is 5.75 Å². The molecule has 0 aliphatic rings. The van der Waals surface area contributed by atoms with E-state index in [1.807, 2.05) is 0 Å². The number of nitrogens with one attached hydrogen (secondary N) is 1. The van der Waals surface area contributed by atoms with E-state index in [2.05, 4.69) is 9.46 Å². The fraction of sp³-hybridized carbons (Fsp3) is 0.364. The van der Waals surface area contributed by atoms with Crippen molar-refractivity contribution >= 4 is 27.6 Å². The molecule has 0 aliphatic heterocycles. The molecule has 0 spiro atoms. The minimum Gasteiger partial charge on any atom is -0.481 e. The number of ether oxygens (including phenoxy) is 1. The minimum atomic E-state index is -3.90. The molecule has 0 atom stereocenters. The van der Waals surface area contributed by atoms with E-state index in [1.165, 1.54) is 0 Å². The van der Waals surface area contributed by atoms with Crippen molar-refractivity contribution in [3.63, 3.8) is 0 Å². The van der Waals surface area contributed by atoms with Crippen LogP contribution in [-0.4, -0.2) is 32.6 Å².